The number of furan rings is 1. The topological polar surface area (TPSA) is 68.3 Å². The summed E-state index contributed by atoms with van der Waals surface area (Å²) in [5.41, 5.74) is 7.87. The Bertz CT molecular complexity index is 514. The van der Waals surface area contributed by atoms with E-state index in [2.05, 4.69) is 5.32 Å². The number of rotatable bonds is 3. The zero-order chi connectivity index (χ0) is 12.3. The third-order valence-corrected chi connectivity index (χ3v) is 2.54. The summed E-state index contributed by atoms with van der Waals surface area (Å²) < 4.78 is 5.08. The van der Waals surface area contributed by atoms with E-state index in [4.69, 9.17) is 10.2 Å². The molecule has 1 aromatic carbocycles. The van der Waals surface area contributed by atoms with Crippen LogP contribution in [0.1, 0.15) is 21.7 Å². The van der Waals surface area contributed by atoms with Crippen LogP contribution < -0.4 is 11.1 Å². The molecule has 0 radical (unpaired) electrons. The van der Waals surface area contributed by atoms with Crippen LogP contribution in [0.25, 0.3) is 0 Å². The minimum Gasteiger partial charge on any atom is -0.469 e. The van der Waals surface area contributed by atoms with Gasteiger partial charge in [-0.05, 0) is 30.7 Å². The van der Waals surface area contributed by atoms with Gasteiger partial charge in [-0.15, -0.1) is 0 Å². The summed E-state index contributed by atoms with van der Waals surface area (Å²) in [5, 5.41) is 2.82. The molecule has 0 spiro atoms. The molecular formula is C13H14N2O2. The number of carbonyl (C=O) groups is 1. The number of benzene rings is 1. The van der Waals surface area contributed by atoms with Gasteiger partial charge >= 0.3 is 0 Å². The molecular weight excluding hydrogens is 216 g/mol. The van der Waals surface area contributed by atoms with Gasteiger partial charge in [-0.1, -0.05) is 12.1 Å². The molecule has 4 nitrogen and oxygen atoms in total. The lowest BCUT2D eigenvalue weighted by atomic mass is 10.2. The van der Waals surface area contributed by atoms with Gasteiger partial charge in [0.2, 0.25) is 0 Å². The van der Waals surface area contributed by atoms with Gasteiger partial charge in [0.25, 0.3) is 5.91 Å². The summed E-state index contributed by atoms with van der Waals surface area (Å²) in [4.78, 5) is 11.8. The molecule has 88 valence electrons. The molecule has 2 rings (SSSR count). The van der Waals surface area contributed by atoms with Crippen molar-refractivity contribution in [3.63, 3.8) is 0 Å². The highest BCUT2D eigenvalue weighted by Crippen LogP contribution is 2.09. The van der Waals surface area contributed by atoms with Gasteiger partial charge in [-0.2, -0.15) is 0 Å². The van der Waals surface area contributed by atoms with Crippen LogP contribution in [0, 0.1) is 6.92 Å². The second-order valence-electron chi connectivity index (χ2n) is 3.81. The van der Waals surface area contributed by atoms with Gasteiger partial charge in [0.15, 0.2) is 0 Å². The second-order valence-corrected chi connectivity index (χ2v) is 3.81. The lowest BCUT2D eigenvalue weighted by molar-refractivity contribution is 0.0949. The van der Waals surface area contributed by atoms with Crippen molar-refractivity contribution in [3.8, 4) is 0 Å². The molecule has 1 aromatic heterocycles. The summed E-state index contributed by atoms with van der Waals surface area (Å²) in [5.74, 6) is 0.493. The van der Waals surface area contributed by atoms with E-state index in [1.165, 1.54) is 6.26 Å². The number of hydrogen-bond donors (Lipinski definition) is 2. The number of nitrogens with two attached hydrogens (primary N) is 1. The lowest BCUT2D eigenvalue weighted by Crippen LogP contribution is -2.22. The average Bonchev–Trinajstić information content (AvgIpc) is 2.74. The van der Waals surface area contributed by atoms with Crippen LogP contribution in [0.15, 0.2) is 41.0 Å². The Morgan fingerprint density at radius 3 is 2.59 bits per heavy atom. The van der Waals surface area contributed by atoms with Gasteiger partial charge < -0.3 is 15.5 Å². The lowest BCUT2D eigenvalue weighted by Gasteiger charge is -2.04. The van der Waals surface area contributed by atoms with E-state index in [-0.39, 0.29) is 5.91 Å². The molecule has 0 atom stereocenters. The minimum atomic E-state index is -0.131. The normalized spacial score (nSPS) is 10.2. The predicted molar refractivity (Wildman–Crippen MR) is 65.5 cm³/mol. The monoisotopic (exact) mass is 230 g/mol. The van der Waals surface area contributed by atoms with Gasteiger partial charge in [0.1, 0.15) is 5.76 Å². The Morgan fingerprint density at radius 2 is 2.00 bits per heavy atom. The van der Waals surface area contributed by atoms with E-state index < -0.39 is 0 Å². The maximum atomic E-state index is 11.8. The quantitative estimate of drug-likeness (QED) is 0.793. The average molecular weight is 230 g/mol. The molecule has 3 N–H and O–H groups in total. The fourth-order valence-corrected chi connectivity index (χ4v) is 1.53. The molecule has 0 saturated heterocycles. The second kappa shape index (κ2) is 4.74. The predicted octanol–water partition coefficient (Wildman–Crippen LogP) is 2.10. The standard InChI is InChI=1S/C13H14N2O2/c1-9-12(6-7-17-9)13(16)15-8-10-2-4-11(14)5-3-10/h2-7H,8,14H2,1H3,(H,15,16). The van der Waals surface area contributed by atoms with Crippen LogP contribution in [0.5, 0.6) is 0 Å². The fraction of sp³-hybridized carbons (Fsp3) is 0.154. The summed E-state index contributed by atoms with van der Waals surface area (Å²) in [6.07, 6.45) is 1.51. The Labute approximate surface area is 99.4 Å². The first kappa shape index (κ1) is 11.3. The number of anilines is 1. The molecule has 4 heteroatoms. The van der Waals surface area contributed by atoms with Crippen LogP contribution in [0.4, 0.5) is 5.69 Å². The van der Waals surface area contributed by atoms with E-state index >= 15 is 0 Å². The van der Waals surface area contributed by atoms with Crippen LogP contribution in [0.3, 0.4) is 0 Å². The number of aryl methyl sites for hydroxylation is 1. The molecule has 0 aliphatic rings. The largest absolute Gasteiger partial charge is 0.469 e. The fourth-order valence-electron chi connectivity index (χ4n) is 1.53. The van der Waals surface area contributed by atoms with Gasteiger partial charge in [-0.25, -0.2) is 0 Å². The minimum absolute atomic E-state index is 0.131. The molecule has 2 aromatic rings. The Morgan fingerprint density at radius 1 is 1.29 bits per heavy atom. The van der Waals surface area contributed by atoms with Crippen molar-refractivity contribution in [1.29, 1.82) is 0 Å². The van der Waals surface area contributed by atoms with Crippen LogP contribution >= 0.6 is 0 Å². The molecule has 0 fully saturated rings. The Balaban J connectivity index is 1.97. The van der Waals surface area contributed by atoms with Crippen molar-refractivity contribution in [2.24, 2.45) is 0 Å². The van der Waals surface area contributed by atoms with E-state index in [1.54, 1.807) is 13.0 Å². The number of amides is 1. The Kier molecular flexibility index (Phi) is 3.14. The van der Waals surface area contributed by atoms with Gasteiger partial charge in [-0.3, -0.25) is 4.79 Å². The number of carbonyl (C=O) groups excluding carboxylic acids is 1. The molecule has 0 bridgehead atoms. The third kappa shape index (κ3) is 2.66. The van der Waals surface area contributed by atoms with E-state index in [1.807, 2.05) is 24.3 Å². The first-order valence-corrected chi connectivity index (χ1v) is 5.33. The third-order valence-electron chi connectivity index (χ3n) is 2.54. The number of nitrogen functional groups attached to an aromatic ring is 1. The molecule has 1 amide bonds. The molecule has 0 aliphatic carbocycles. The zero-order valence-electron chi connectivity index (χ0n) is 9.57. The first-order chi connectivity index (χ1) is 8.16. The maximum absolute atomic E-state index is 11.8. The zero-order valence-corrected chi connectivity index (χ0v) is 9.57. The molecule has 17 heavy (non-hydrogen) atoms. The van der Waals surface area contributed by atoms with Crippen LogP contribution in [-0.4, -0.2) is 5.91 Å². The first-order valence-electron chi connectivity index (χ1n) is 5.33. The van der Waals surface area contributed by atoms with Crippen LogP contribution in [0.2, 0.25) is 0 Å². The summed E-state index contributed by atoms with van der Waals surface area (Å²) in [6, 6.07) is 9.05. The van der Waals surface area contributed by atoms with Crippen molar-refractivity contribution in [1.82, 2.24) is 5.32 Å². The van der Waals surface area contributed by atoms with Crippen molar-refractivity contribution >= 4 is 11.6 Å². The van der Waals surface area contributed by atoms with Gasteiger partial charge in [0, 0.05) is 12.2 Å². The smallest absolute Gasteiger partial charge is 0.255 e. The van der Waals surface area contributed by atoms with E-state index in [9.17, 15) is 4.79 Å². The van der Waals surface area contributed by atoms with Crippen LogP contribution in [-0.2, 0) is 6.54 Å². The summed E-state index contributed by atoms with van der Waals surface area (Å²) in [6.45, 7) is 2.24. The van der Waals surface area contributed by atoms with Crippen molar-refractivity contribution in [2.45, 2.75) is 13.5 Å². The highest BCUT2D eigenvalue weighted by molar-refractivity contribution is 5.94. The van der Waals surface area contributed by atoms with Crippen molar-refractivity contribution in [3.05, 3.63) is 53.5 Å². The molecule has 1 heterocycles. The number of hydrogen-bond acceptors (Lipinski definition) is 3. The molecule has 0 aliphatic heterocycles. The van der Waals surface area contributed by atoms with E-state index in [0.717, 1.165) is 5.56 Å². The summed E-state index contributed by atoms with van der Waals surface area (Å²) in [7, 11) is 0. The van der Waals surface area contributed by atoms with Crippen molar-refractivity contribution < 1.29 is 9.21 Å². The SMILES string of the molecule is Cc1occc1C(=O)NCc1ccc(N)cc1. The summed E-state index contributed by atoms with van der Waals surface area (Å²) >= 11 is 0. The highest BCUT2D eigenvalue weighted by Gasteiger charge is 2.10. The Hall–Kier alpha value is -2.23. The van der Waals surface area contributed by atoms with E-state index in [0.29, 0.717) is 23.6 Å². The molecule has 0 unspecified atom stereocenters. The molecule has 0 saturated carbocycles. The number of nitrogens with one attached hydrogen (secondary N) is 1. The highest BCUT2D eigenvalue weighted by atomic mass is 16.3. The van der Waals surface area contributed by atoms with Gasteiger partial charge in [0.05, 0.1) is 11.8 Å². The van der Waals surface area contributed by atoms with Crippen molar-refractivity contribution in [2.75, 3.05) is 5.73 Å². The maximum Gasteiger partial charge on any atom is 0.255 e.